The number of hydrogen-bond donors (Lipinski definition) is 3. The number of nitrogens with one attached hydrogen (secondary N) is 2. The number of carbonyl (C=O) groups is 2. The van der Waals surface area contributed by atoms with Gasteiger partial charge in [0.25, 0.3) is 5.91 Å². The van der Waals surface area contributed by atoms with E-state index >= 15 is 0 Å². The molecule has 0 saturated heterocycles. The van der Waals surface area contributed by atoms with Crippen molar-refractivity contribution in [3.63, 3.8) is 0 Å². The predicted octanol–water partition coefficient (Wildman–Crippen LogP) is 6.55. The van der Waals surface area contributed by atoms with Crippen LogP contribution in [-0.4, -0.2) is 26.8 Å². The molecule has 0 aliphatic heterocycles. The van der Waals surface area contributed by atoms with Gasteiger partial charge in [-0.25, -0.2) is 4.79 Å². The van der Waals surface area contributed by atoms with Crippen LogP contribution in [0, 0.1) is 0 Å². The standard InChI is InChI=1S/C29H25F3N4O3/c30-29(31,32)21-11-5-10-20(14-21)27(38)34-22-12-13-26(37)23(15-22)24-16-25(19-8-4-9-19)36(35-24)28(39)33-17-18-6-2-1-3-7-18/h1-3,5-7,10-16,19,37H,4,8-9,17H2,(H,33,39)(H,34,38). The molecule has 5 rings (SSSR count). The number of rotatable bonds is 6. The van der Waals surface area contributed by atoms with Gasteiger partial charge in [0.05, 0.1) is 17.0 Å². The number of halogens is 3. The van der Waals surface area contributed by atoms with Crippen LogP contribution in [0.25, 0.3) is 11.3 Å². The van der Waals surface area contributed by atoms with Crippen LogP contribution >= 0.6 is 0 Å². The Kier molecular flexibility index (Phi) is 7.10. The van der Waals surface area contributed by atoms with Crippen molar-refractivity contribution in [2.45, 2.75) is 37.9 Å². The van der Waals surface area contributed by atoms with Gasteiger partial charge < -0.3 is 15.7 Å². The maximum atomic E-state index is 13.1. The Morgan fingerprint density at radius 1 is 0.974 bits per heavy atom. The summed E-state index contributed by atoms with van der Waals surface area (Å²) in [6.45, 7) is 0.321. The lowest BCUT2D eigenvalue weighted by Crippen LogP contribution is -2.31. The van der Waals surface area contributed by atoms with Crippen LogP contribution in [0.15, 0.2) is 78.9 Å². The highest BCUT2D eigenvalue weighted by Crippen LogP contribution is 2.39. The number of alkyl halides is 3. The fourth-order valence-corrected chi connectivity index (χ4v) is 4.39. The van der Waals surface area contributed by atoms with E-state index in [9.17, 15) is 27.9 Å². The van der Waals surface area contributed by atoms with Crippen molar-refractivity contribution in [2.24, 2.45) is 0 Å². The number of aromatic hydroxyl groups is 1. The molecule has 2 amide bonds. The Hall–Kier alpha value is -4.60. The highest BCUT2D eigenvalue weighted by Gasteiger charge is 2.31. The molecule has 1 fully saturated rings. The van der Waals surface area contributed by atoms with E-state index in [0.29, 0.717) is 12.2 Å². The molecule has 4 aromatic rings. The molecule has 0 unspecified atom stereocenters. The molecule has 7 nitrogen and oxygen atoms in total. The van der Waals surface area contributed by atoms with E-state index in [1.165, 1.54) is 28.9 Å². The lowest BCUT2D eigenvalue weighted by atomic mass is 9.82. The predicted molar refractivity (Wildman–Crippen MR) is 139 cm³/mol. The molecular formula is C29H25F3N4O3. The molecule has 39 heavy (non-hydrogen) atoms. The van der Waals surface area contributed by atoms with Crippen LogP contribution in [0.3, 0.4) is 0 Å². The first-order valence-electron chi connectivity index (χ1n) is 12.4. The van der Waals surface area contributed by atoms with Gasteiger partial charge >= 0.3 is 12.2 Å². The molecule has 1 aliphatic carbocycles. The lowest BCUT2D eigenvalue weighted by Gasteiger charge is -2.25. The molecule has 0 bridgehead atoms. The third-order valence-corrected chi connectivity index (χ3v) is 6.72. The molecule has 0 atom stereocenters. The number of anilines is 1. The first-order chi connectivity index (χ1) is 18.7. The van der Waals surface area contributed by atoms with Crippen molar-refractivity contribution in [1.29, 1.82) is 0 Å². The Morgan fingerprint density at radius 3 is 2.44 bits per heavy atom. The molecule has 1 aromatic heterocycles. The van der Waals surface area contributed by atoms with Crippen molar-refractivity contribution >= 4 is 17.6 Å². The van der Waals surface area contributed by atoms with Gasteiger partial charge in [-0.2, -0.15) is 23.0 Å². The number of nitrogens with zero attached hydrogens (tertiary/aromatic N) is 2. The molecule has 1 heterocycles. The van der Waals surface area contributed by atoms with E-state index in [4.69, 9.17) is 0 Å². The van der Waals surface area contributed by atoms with Crippen molar-refractivity contribution in [2.75, 3.05) is 5.32 Å². The van der Waals surface area contributed by atoms with E-state index in [0.717, 1.165) is 48.7 Å². The van der Waals surface area contributed by atoms with Gasteiger partial charge in [-0.05, 0) is 60.9 Å². The number of hydrogen-bond acceptors (Lipinski definition) is 4. The second-order valence-corrected chi connectivity index (χ2v) is 9.40. The van der Waals surface area contributed by atoms with Crippen molar-refractivity contribution in [3.05, 3.63) is 101 Å². The normalized spacial score (nSPS) is 13.5. The summed E-state index contributed by atoms with van der Waals surface area (Å²) in [5.41, 5.74) is 1.42. The zero-order valence-corrected chi connectivity index (χ0v) is 20.7. The van der Waals surface area contributed by atoms with Gasteiger partial charge in [0.1, 0.15) is 5.75 Å². The maximum absolute atomic E-state index is 13.1. The van der Waals surface area contributed by atoms with E-state index < -0.39 is 23.7 Å². The minimum Gasteiger partial charge on any atom is -0.507 e. The number of amides is 2. The molecule has 1 aliphatic rings. The third-order valence-electron chi connectivity index (χ3n) is 6.72. The Morgan fingerprint density at radius 2 is 1.74 bits per heavy atom. The first-order valence-corrected chi connectivity index (χ1v) is 12.4. The van der Waals surface area contributed by atoms with Crippen LogP contribution in [0.2, 0.25) is 0 Å². The Balaban J connectivity index is 1.40. The van der Waals surface area contributed by atoms with E-state index in [1.54, 1.807) is 6.07 Å². The van der Waals surface area contributed by atoms with Gasteiger partial charge in [0.2, 0.25) is 0 Å². The monoisotopic (exact) mass is 534 g/mol. The third kappa shape index (κ3) is 5.79. The van der Waals surface area contributed by atoms with E-state index in [-0.39, 0.29) is 28.5 Å². The average molecular weight is 535 g/mol. The van der Waals surface area contributed by atoms with Gasteiger partial charge in [-0.1, -0.05) is 42.8 Å². The molecular weight excluding hydrogens is 509 g/mol. The number of benzene rings is 3. The smallest absolute Gasteiger partial charge is 0.416 e. The second kappa shape index (κ2) is 10.6. The summed E-state index contributed by atoms with van der Waals surface area (Å²) in [6, 6.07) is 19.2. The van der Waals surface area contributed by atoms with Crippen LogP contribution < -0.4 is 10.6 Å². The molecule has 1 saturated carbocycles. The van der Waals surface area contributed by atoms with Gasteiger partial charge in [0.15, 0.2) is 0 Å². The van der Waals surface area contributed by atoms with Crippen molar-refractivity contribution < 1.29 is 27.9 Å². The van der Waals surface area contributed by atoms with E-state index in [2.05, 4.69) is 15.7 Å². The highest BCUT2D eigenvalue weighted by atomic mass is 19.4. The fraction of sp³-hybridized carbons (Fsp3) is 0.207. The average Bonchev–Trinajstić information content (AvgIpc) is 3.32. The Bertz CT molecular complexity index is 1510. The SMILES string of the molecule is O=C(Nc1ccc(O)c(-c2cc(C3CCC3)n(C(=O)NCc3ccccc3)n2)c1)c1cccc(C(F)(F)F)c1. The first kappa shape index (κ1) is 26.0. The zero-order valence-electron chi connectivity index (χ0n) is 20.7. The van der Waals surface area contributed by atoms with Crippen LogP contribution in [0.4, 0.5) is 23.7 Å². The van der Waals surface area contributed by atoms with Crippen molar-refractivity contribution in [3.8, 4) is 17.0 Å². The summed E-state index contributed by atoms with van der Waals surface area (Å²) >= 11 is 0. The second-order valence-electron chi connectivity index (χ2n) is 9.40. The number of carbonyl (C=O) groups excluding carboxylic acids is 2. The summed E-state index contributed by atoms with van der Waals surface area (Å²) in [7, 11) is 0. The van der Waals surface area contributed by atoms with Gasteiger partial charge in [0, 0.05) is 29.3 Å². The topological polar surface area (TPSA) is 96.2 Å². The highest BCUT2D eigenvalue weighted by molar-refractivity contribution is 6.04. The molecule has 0 spiro atoms. The van der Waals surface area contributed by atoms with Gasteiger partial charge in [-0.15, -0.1) is 0 Å². The molecule has 3 aromatic carbocycles. The molecule has 0 radical (unpaired) electrons. The summed E-state index contributed by atoms with van der Waals surface area (Å²) < 4.78 is 40.5. The summed E-state index contributed by atoms with van der Waals surface area (Å²) in [6.07, 6.45) is -1.71. The van der Waals surface area contributed by atoms with Crippen LogP contribution in [0.5, 0.6) is 5.75 Å². The Labute approximate surface area is 222 Å². The van der Waals surface area contributed by atoms with E-state index in [1.807, 2.05) is 30.3 Å². The molecule has 3 N–H and O–H groups in total. The quantitative estimate of drug-likeness (QED) is 0.244. The van der Waals surface area contributed by atoms with Gasteiger partial charge in [-0.3, -0.25) is 4.79 Å². The summed E-state index contributed by atoms with van der Waals surface area (Å²) in [5.74, 6) is -0.708. The fourth-order valence-electron chi connectivity index (χ4n) is 4.39. The van der Waals surface area contributed by atoms with Crippen molar-refractivity contribution in [1.82, 2.24) is 15.1 Å². The molecule has 10 heteroatoms. The summed E-state index contributed by atoms with van der Waals surface area (Å²) in [4.78, 5) is 25.8. The largest absolute Gasteiger partial charge is 0.507 e. The van der Waals surface area contributed by atoms with Crippen LogP contribution in [0.1, 0.15) is 52.4 Å². The summed E-state index contributed by atoms with van der Waals surface area (Å²) in [5, 5.41) is 20.5. The zero-order chi connectivity index (χ0) is 27.6. The maximum Gasteiger partial charge on any atom is 0.416 e. The minimum atomic E-state index is -4.58. The lowest BCUT2D eigenvalue weighted by molar-refractivity contribution is -0.137. The number of phenolic OH excluding ortho intramolecular Hbond substituents is 1. The van der Waals surface area contributed by atoms with Crippen LogP contribution in [-0.2, 0) is 12.7 Å². The number of aromatic nitrogens is 2. The number of phenols is 1. The minimum absolute atomic E-state index is 0.124. The molecule has 200 valence electrons.